The number of nitrogens with zero attached hydrogens (tertiary/aromatic N) is 1. The van der Waals surface area contributed by atoms with Crippen molar-refractivity contribution in [1.29, 1.82) is 0 Å². The van der Waals surface area contributed by atoms with Crippen molar-refractivity contribution in [2.24, 2.45) is 0 Å². The van der Waals surface area contributed by atoms with Gasteiger partial charge in [-0.05, 0) is 48.9 Å². The molecule has 0 spiro atoms. The lowest BCUT2D eigenvalue weighted by molar-refractivity contribution is 0.102. The van der Waals surface area contributed by atoms with Gasteiger partial charge >= 0.3 is 0 Å². The number of hydrogen-bond acceptors (Lipinski definition) is 2. The maximum Gasteiger partial charge on any atom is 0.273 e. The third kappa shape index (κ3) is 3.63. The Kier molecular flexibility index (Phi) is 4.50. The molecule has 0 saturated heterocycles. The second kappa shape index (κ2) is 6.56. The molecule has 23 heavy (non-hydrogen) atoms. The number of amides is 1. The van der Waals surface area contributed by atoms with Crippen LogP contribution < -0.4 is 5.32 Å². The number of carbonyl (C=O) groups excluding carboxylic acids is 1. The topological polar surface area (TPSA) is 57.8 Å². The lowest BCUT2D eigenvalue weighted by atomic mass is 10.1. The Morgan fingerprint density at radius 1 is 1.17 bits per heavy atom. The predicted molar refractivity (Wildman–Crippen MR) is 95.9 cm³/mol. The van der Waals surface area contributed by atoms with Crippen LogP contribution in [0.2, 0.25) is 5.02 Å². The summed E-state index contributed by atoms with van der Waals surface area (Å²) in [5.74, 6) is -0.237. The van der Waals surface area contributed by atoms with Crippen LogP contribution >= 0.6 is 27.5 Å². The molecular formula is C17H13BrClN3O. The molecular weight excluding hydrogens is 378 g/mol. The second-order valence-electron chi connectivity index (χ2n) is 5.09. The molecule has 3 rings (SSSR count). The highest BCUT2D eigenvalue weighted by Gasteiger charge is 2.11. The highest BCUT2D eigenvalue weighted by molar-refractivity contribution is 9.10. The van der Waals surface area contributed by atoms with Crippen molar-refractivity contribution in [3.05, 3.63) is 69.3 Å². The van der Waals surface area contributed by atoms with Gasteiger partial charge in [0.2, 0.25) is 0 Å². The molecule has 0 radical (unpaired) electrons. The summed E-state index contributed by atoms with van der Waals surface area (Å²) in [6.07, 6.45) is 0. The van der Waals surface area contributed by atoms with Crippen LogP contribution in [0.25, 0.3) is 11.3 Å². The number of aryl methyl sites for hydroxylation is 1. The fraction of sp³-hybridized carbons (Fsp3) is 0.0588. The molecule has 0 bridgehead atoms. The Morgan fingerprint density at radius 3 is 2.61 bits per heavy atom. The van der Waals surface area contributed by atoms with Crippen molar-refractivity contribution in [2.45, 2.75) is 6.92 Å². The van der Waals surface area contributed by atoms with Gasteiger partial charge in [-0.1, -0.05) is 39.7 Å². The molecule has 0 aliphatic heterocycles. The quantitative estimate of drug-likeness (QED) is 0.657. The van der Waals surface area contributed by atoms with E-state index in [0.717, 1.165) is 21.3 Å². The van der Waals surface area contributed by atoms with E-state index in [1.54, 1.807) is 18.2 Å². The normalized spacial score (nSPS) is 10.6. The van der Waals surface area contributed by atoms with Crippen LogP contribution in [-0.4, -0.2) is 16.1 Å². The molecule has 0 aliphatic rings. The molecule has 0 atom stereocenters. The summed E-state index contributed by atoms with van der Waals surface area (Å²) in [5.41, 5.74) is 3.77. The molecule has 3 aromatic rings. The molecule has 0 aliphatic carbocycles. The van der Waals surface area contributed by atoms with Gasteiger partial charge in [0, 0.05) is 20.7 Å². The fourth-order valence-electron chi connectivity index (χ4n) is 2.13. The first-order chi connectivity index (χ1) is 11.0. The molecule has 116 valence electrons. The predicted octanol–water partition coefficient (Wildman–Crippen LogP) is 5.05. The van der Waals surface area contributed by atoms with Gasteiger partial charge in [-0.3, -0.25) is 9.89 Å². The summed E-state index contributed by atoms with van der Waals surface area (Å²) in [6, 6.07) is 14.6. The lowest BCUT2D eigenvalue weighted by Crippen LogP contribution is -2.12. The molecule has 6 heteroatoms. The standard InChI is InChI=1S/C17H13BrClN3O/c1-10-8-13(6-7-14(10)18)20-17(23)16-9-15(21-22-16)11-2-4-12(19)5-3-11/h2-9H,1H3,(H,20,23)(H,21,22). The zero-order valence-corrected chi connectivity index (χ0v) is 14.6. The van der Waals surface area contributed by atoms with E-state index in [4.69, 9.17) is 11.6 Å². The first-order valence-corrected chi connectivity index (χ1v) is 8.09. The third-order valence-corrected chi connectivity index (χ3v) is 4.52. The molecule has 0 fully saturated rings. The summed E-state index contributed by atoms with van der Waals surface area (Å²) in [6.45, 7) is 1.97. The smallest absolute Gasteiger partial charge is 0.273 e. The van der Waals surface area contributed by atoms with Gasteiger partial charge in [0.15, 0.2) is 0 Å². The number of H-pyrrole nitrogens is 1. The van der Waals surface area contributed by atoms with E-state index in [2.05, 4.69) is 31.4 Å². The highest BCUT2D eigenvalue weighted by atomic mass is 79.9. The number of benzene rings is 2. The van der Waals surface area contributed by atoms with Crippen LogP contribution in [0.5, 0.6) is 0 Å². The van der Waals surface area contributed by atoms with E-state index < -0.39 is 0 Å². The lowest BCUT2D eigenvalue weighted by Gasteiger charge is -2.05. The van der Waals surface area contributed by atoms with Crippen molar-refractivity contribution in [3.8, 4) is 11.3 Å². The summed E-state index contributed by atoms with van der Waals surface area (Å²) in [7, 11) is 0. The molecule has 1 heterocycles. The van der Waals surface area contributed by atoms with Crippen molar-refractivity contribution in [2.75, 3.05) is 5.32 Å². The number of rotatable bonds is 3. The molecule has 2 N–H and O–H groups in total. The highest BCUT2D eigenvalue weighted by Crippen LogP contribution is 2.22. The van der Waals surface area contributed by atoms with Gasteiger partial charge in [-0.2, -0.15) is 5.10 Å². The van der Waals surface area contributed by atoms with Crippen LogP contribution in [0.15, 0.2) is 53.0 Å². The van der Waals surface area contributed by atoms with Crippen molar-refractivity contribution in [3.63, 3.8) is 0 Å². The van der Waals surface area contributed by atoms with Crippen LogP contribution in [0.1, 0.15) is 16.1 Å². The number of aromatic amines is 1. The van der Waals surface area contributed by atoms with Gasteiger partial charge in [0.25, 0.3) is 5.91 Å². The van der Waals surface area contributed by atoms with Gasteiger partial charge in [-0.15, -0.1) is 0 Å². The van der Waals surface area contributed by atoms with Gasteiger partial charge in [-0.25, -0.2) is 0 Å². The average molecular weight is 391 g/mol. The number of anilines is 1. The van der Waals surface area contributed by atoms with Crippen LogP contribution in [0.4, 0.5) is 5.69 Å². The summed E-state index contributed by atoms with van der Waals surface area (Å²) in [4.78, 5) is 12.3. The Labute approximate surface area is 147 Å². The van der Waals surface area contributed by atoms with Gasteiger partial charge < -0.3 is 5.32 Å². The Bertz CT molecular complexity index is 859. The molecule has 0 saturated carbocycles. The van der Waals surface area contributed by atoms with Crippen LogP contribution in [0.3, 0.4) is 0 Å². The number of aromatic nitrogens is 2. The number of nitrogens with one attached hydrogen (secondary N) is 2. The Morgan fingerprint density at radius 2 is 1.91 bits per heavy atom. The summed E-state index contributed by atoms with van der Waals surface area (Å²) < 4.78 is 1.00. The second-order valence-corrected chi connectivity index (χ2v) is 6.38. The number of hydrogen-bond donors (Lipinski definition) is 2. The average Bonchev–Trinajstić information content (AvgIpc) is 3.02. The zero-order chi connectivity index (χ0) is 16.4. The summed E-state index contributed by atoms with van der Waals surface area (Å²) in [5, 5.41) is 10.4. The minimum atomic E-state index is -0.237. The van der Waals surface area contributed by atoms with E-state index in [-0.39, 0.29) is 5.91 Å². The maximum absolute atomic E-state index is 12.3. The minimum absolute atomic E-state index is 0.237. The third-order valence-electron chi connectivity index (χ3n) is 3.38. The minimum Gasteiger partial charge on any atom is -0.321 e. The van der Waals surface area contributed by atoms with Crippen molar-refractivity contribution in [1.82, 2.24) is 10.2 Å². The Hall–Kier alpha value is -2.11. The monoisotopic (exact) mass is 389 g/mol. The molecule has 4 nitrogen and oxygen atoms in total. The van der Waals surface area contributed by atoms with E-state index in [1.807, 2.05) is 37.3 Å². The number of carbonyl (C=O) groups is 1. The van der Waals surface area contributed by atoms with Gasteiger partial charge in [0.1, 0.15) is 5.69 Å². The van der Waals surface area contributed by atoms with Crippen LogP contribution in [0, 0.1) is 6.92 Å². The first kappa shape index (κ1) is 15.8. The summed E-state index contributed by atoms with van der Waals surface area (Å²) >= 11 is 9.31. The van der Waals surface area contributed by atoms with E-state index in [9.17, 15) is 4.79 Å². The van der Waals surface area contributed by atoms with E-state index in [0.29, 0.717) is 16.4 Å². The molecule has 1 aromatic heterocycles. The maximum atomic E-state index is 12.3. The fourth-order valence-corrected chi connectivity index (χ4v) is 2.50. The SMILES string of the molecule is Cc1cc(NC(=O)c2cc(-c3ccc(Cl)cc3)n[nH]2)ccc1Br. The zero-order valence-electron chi connectivity index (χ0n) is 12.2. The van der Waals surface area contributed by atoms with Crippen LogP contribution in [-0.2, 0) is 0 Å². The van der Waals surface area contributed by atoms with E-state index >= 15 is 0 Å². The van der Waals surface area contributed by atoms with Crippen molar-refractivity contribution < 1.29 is 4.79 Å². The van der Waals surface area contributed by atoms with E-state index in [1.165, 1.54) is 0 Å². The van der Waals surface area contributed by atoms with Gasteiger partial charge in [0.05, 0.1) is 5.69 Å². The first-order valence-electron chi connectivity index (χ1n) is 6.92. The largest absolute Gasteiger partial charge is 0.321 e. The Balaban J connectivity index is 1.78. The number of halogens is 2. The molecule has 2 aromatic carbocycles. The van der Waals surface area contributed by atoms with Crippen molar-refractivity contribution >= 4 is 39.1 Å². The molecule has 0 unspecified atom stereocenters. The molecule has 1 amide bonds.